The summed E-state index contributed by atoms with van der Waals surface area (Å²) in [5.41, 5.74) is 0.993. The van der Waals surface area contributed by atoms with Crippen molar-refractivity contribution in [3.63, 3.8) is 0 Å². The molecule has 0 aromatic heterocycles. The quantitative estimate of drug-likeness (QED) is 0.0769. The minimum absolute atomic E-state index is 0.00805. The summed E-state index contributed by atoms with van der Waals surface area (Å²) in [4.78, 5) is 38.0. The van der Waals surface area contributed by atoms with Crippen LogP contribution in [-0.4, -0.2) is 107 Å². The Morgan fingerprint density at radius 3 is 2.09 bits per heavy atom. The van der Waals surface area contributed by atoms with Gasteiger partial charge in [-0.2, -0.15) is 0 Å². The van der Waals surface area contributed by atoms with Crippen molar-refractivity contribution in [1.82, 2.24) is 26.6 Å². The van der Waals surface area contributed by atoms with Crippen molar-refractivity contribution < 1.29 is 45.4 Å². The number of nitrogens with one attached hydrogen (secondary N) is 5. The maximum absolute atomic E-state index is 13.6. The first-order valence-electron chi connectivity index (χ1n) is 18.1. The fraction of sp³-hybridized carbons (Fsp3) is 0.571. The lowest BCUT2D eigenvalue weighted by Crippen LogP contribution is -2.36. The van der Waals surface area contributed by atoms with Crippen molar-refractivity contribution >= 4 is 37.8 Å². The van der Waals surface area contributed by atoms with E-state index in [1.165, 1.54) is 36.4 Å². The van der Waals surface area contributed by atoms with E-state index in [-0.39, 0.29) is 47.6 Å². The summed E-state index contributed by atoms with van der Waals surface area (Å²) in [6.07, 6.45) is 4.21. The number of primary sulfonamides is 2. The molecule has 302 valence electrons. The second-order valence-corrected chi connectivity index (χ2v) is 15.9. The number of carbonyl (C=O) groups excluding carboxylic acids is 3. The Hall–Kier alpha value is -3.53. The number of hydrogen-bond donors (Lipinski definition) is 7. The Kier molecular flexibility index (Phi) is 20.0. The SMILES string of the molecule is NS(=O)(=O)c1ccc(C(=O)NCCCNC(=O)CCOCOC(=O)C2CCCCNCCOCCCNCCCNC2c2ccc(S(N)(=O)=O)cc2)cc1. The summed E-state index contributed by atoms with van der Waals surface area (Å²) in [5.74, 6) is -1.77. The molecule has 54 heavy (non-hydrogen) atoms. The van der Waals surface area contributed by atoms with Crippen LogP contribution < -0.4 is 36.9 Å². The van der Waals surface area contributed by atoms with Gasteiger partial charge in [0.15, 0.2) is 6.79 Å². The van der Waals surface area contributed by atoms with E-state index in [2.05, 4.69) is 26.6 Å². The molecule has 3 rings (SSSR count). The summed E-state index contributed by atoms with van der Waals surface area (Å²) < 4.78 is 63.2. The first kappa shape index (κ1) is 44.9. The average molecular weight is 798 g/mol. The highest BCUT2D eigenvalue weighted by atomic mass is 32.2. The molecule has 1 aliphatic heterocycles. The van der Waals surface area contributed by atoms with Crippen LogP contribution in [0.5, 0.6) is 0 Å². The summed E-state index contributed by atoms with van der Waals surface area (Å²) in [6, 6.07) is 10.9. The van der Waals surface area contributed by atoms with Gasteiger partial charge in [-0.1, -0.05) is 18.6 Å². The molecule has 0 saturated carbocycles. The van der Waals surface area contributed by atoms with Gasteiger partial charge in [0.05, 0.1) is 35.3 Å². The Bertz CT molecular complexity index is 1660. The molecule has 1 saturated heterocycles. The Morgan fingerprint density at radius 2 is 1.39 bits per heavy atom. The molecular weight excluding hydrogens is 743 g/mol. The van der Waals surface area contributed by atoms with Gasteiger partial charge in [-0.25, -0.2) is 27.1 Å². The minimum Gasteiger partial charge on any atom is -0.438 e. The van der Waals surface area contributed by atoms with E-state index in [0.717, 1.165) is 57.4 Å². The molecule has 2 unspecified atom stereocenters. The van der Waals surface area contributed by atoms with Crippen LogP contribution in [0.3, 0.4) is 0 Å². The smallest absolute Gasteiger partial charge is 0.312 e. The summed E-state index contributed by atoms with van der Waals surface area (Å²) in [7, 11) is -7.75. The van der Waals surface area contributed by atoms with Crippen LogP contribution in [-0.2, 0) is 43.8 Å². The number of nitrogens with two attached hydrogens (primary N) is 2. The topological polar surface area (TPSA) is 259 Å². The Morgan fingerprint density at radius 1 is 0.759 bits per heavy atom. The zero-order valence-corrected chi connectivity index (χ0v) is 32.2. The van der Waals surface area contributed by atoms with Gasteiger partial charge in [0, 0.05) is 37.8 Å². The van der Waals surface area contributed by atoms with Crippen molar-refractivity contribution in [1.29, 1.82) is 0 Å². The molecule has 0 bridgehead atoms. The van der Waals surface area contributed by atoms with Gasteiger partial charge in [0.1, 0.15) is 0 Å². The third-order valence-corrected chi connectivity index (χ3v) is 10.4. The molecule has 1 aliphatic rings. The predicted molar refractivity (Wildman–Crippen MR) is 201 cm³/mol. The summed E-state index contributed by atoms with van der Waals surface area (Å²) in [5, 5.41) is 26.1. The van der Waals surface area contributed by atoms with Crippen molar-refractivity contribution in [3.05, 3.63) is 59.7 Å². The molecule has 19 heteroatoms. The van der Waals surface area contributed by atoms with Crippen LogP contribution in [0.25, 0.3) is 0 Å². The fourth-order valence-corrected chi connectivity index (χ4v) is 6.62. The van der Waals surface area contributed by atoms with Gasteiger partial charge in [0.2, 0.25) is 26.0 Å². The summed E-state index contributed by atoms with van der Waals surface area (Å²) in [6.45, 7) is 5.23. The van der Waals surface area contributed by atoms with Crippen molar-refractivity contribution in [2.75, 3.05) is 72.4 Å². The van der Waals surface area contributed by atoms with E-state index in [0.29, 0.717) is 39.1 Å². The molecule has 2 atom stereocenters. The van der Waals surface area contributed by atoms with Crippen molar-refractivity contribution in [2.45, 2.75) is 60.8 Å². The highest BCUT2D eigenvalue weighted by molar-refractivity contribution is 7.89. The summed E-state index contributed by atoms with van der Waals surface area (Å²) >= 11 is 0. The van der Waals surface area contributed by atoms with Gasteiger partial charge < -0.3 is 40.8 Å². The van der Waals surface area contributed by atoms with Crippen LogP contribution in [0.15, 0.2) is 58.3 Å². The number of rotatable bonds is 14. The van der Waals surface area contributed by atoms with Gasteiger partial charge in [-0.15, -0.1) is 0 Å². The van der Waals surface area contributed by atoms with Crippen LogP contribution in [0.4, 0.5) is 0 Å². The maximum atomic E-state index is 13.6. The van der Waals surface area contributed by atoms with E-state index >= 15 is 0 Å². The Balaban J connectivity index is 1.47. The fourth-order valence-electron chi connectivity index (χ4n) is 5.59. The second-order valence-electron chi connectivity index (χ2n) is 12.7. The third kappa shape index (κ3) is 17.3. The number of hydrogen-bond acceptors (Lipinski definition) is 13. The maximum Gasteiger partial charge on any atom is 0.312 e. The standard InChI is InChI=1S/C35H55N7O10S2/c36-53(46,47)29-11-7-27(8-12-29)33-31(6-1-2-16-39-22-25-50-23-5-18-38-17-3-20-41-33)35(45)52-26-51-24-15-32(43)40-19-4-21-42-34(44)28-9-13-30(14-10-28)54(37,48)49/h7-14,31,33,38-39,41H,1-6,15-26H2,(H,40,43)(H,42,44)(H2,36,46,47)(H2,37,48,49). The molecule has 9 N–H and O–H groups in total. The number of sulfonamides is 2. The third-order valence-electron chi connectivity index (χ3n) is 8.52. The normalized spacial score (nSPS) is 18.8. The molecule has 1 fully saturated rings. The second kappa shape index (κ2) is 24.1. The molecule has 0 aliphatic carbocycles. The first-order valence-corrected chi connectivity index (χ1v) is 21.2. The number of carbonyl (C=O) groups is 3. The molecule has 2 aromatic rings. The van der Waals surface area contributed by atoms with Crippen molar-refractivity contribution in [2.24, 2.45) is 16.2 Å². The number of benzene rings is 2. The average Bonchev–Trinajstić information content (AvgIpc) is 3.13. The molecule has 0 spiro atoms. The highest BCUT2D eigenvalue weighted by Crippen LogP contribution is 2.29. The van der Waals surface area contributed by atoms with Gasteiger partial charge in [0.25, 0.3) is 5.91 Å². The van der Waals surface area contributed by atoms with Gasteiger partial charge in [-0.3, -0.25) is 14.4 Å². The van der Waals surface area contributed by atoms with E-state index in [1.54, 1.807) is 12.1 Å². The molecular formula is C35H55N7O10S2. The molecule has 0 radical (unpaired) electrons. The van der Waals surface area contributed by atoms with Crippen LogP contribution in [0.1, 0.15) is 66.9 Å². The van der Waals surface area contributed by atoms with Gasteiger partial charge >= 0.3 is 5.97 Å². The zero-order valence-electron chi connectivity index (χ0n) is 30.6. The lowest BCUT2D eigenvalue weighted by molar-refractivity contribution is -0.163. The van der Waals surface area contributed by atoms with Gasteiger partial charge in [-0.05, 0) is 100 Å². The first-order chi connectivity index (χ1) is 25.9. The van der Waals surface area contributed by atoms with Crippen molar-refractivity contribution in [3.8, 4) is 0 Å². The molecule has 2 aromatic carbocycles. The van der Waals surface area contributed by atoms with Crippen LogP contribution >= 0.6 is 0 Å². The Labute approximate surface area is 318 Å². The van der Waals surface area contributed by atoms with Crippen LogP contribution in [0, 0.1) is 5.92 Å². The van der Waals surface area contributed by atoms with E-state index in [1.807, 2.05) is 0 Å². The van der Waals surface area contributed by atoms with E-state index in [4.69, 9.17) is 24.5 Å². The van der Waals surface area contributed by atoms with E-state index in [9.17, 15) is 31.2 Å². The monoisotopic (exact) mass is 797 g/mol. The largest absolute Gasteiger partial charge is 0.438 e. The molecule has 2 amide bonds. The highest BCUT2D eigenvalue weighted by Gasteiger charge is 2.31. The van der Waals surface area contributed by atoms with E-state index < -0.39 is 43.9 Å². The minimum atomic E-state index is -3.90. The van der Waals surface area contributed by atoms with Crippen LogP contribution in [0.2, 0.25) is 0 Å². The lowest BCUT2D eigenvalue weighted by Gasteiger charge is -2.28. The number of esters is 1. The molecule has 17 nitrogen and oxygen atoms in total. The molecule has 1 heterocycles. The number of ether oxygens (including phenoxy) is 3. The lowest BCUT2D eigenvalue weighted by atomic mass is 9.88. The predicted octanol–water partition coefficient (Wildman–Crippen LogP) is 0.232. The zero-order chi connectivity index (χ0) is 39.2. The number of amides is 2.